The number of anilines is 1. The Morgan fingerprint density at radius 1 is 1.41 bits per heavy atom. The summed E-state index contributed by atoms with van der Waals surface area (Å²) in [5.74, 6) is -1.77. The van der Waals surface area contributed by atoms with Crippen molar-refractivity contribution in [2.24, 2.45) is 5.41 Å². The number of aliphatic carboxylic acids is 2. The highest BCUT2D eigenvalue weighted by Crippen LogP contribution is 2.46. The molecule has 2 unspecified atom stereocenters. The Balaban J connectivity index is 1.47. The molecule has 180 valence electrons. The number of thiocarbonyl (C=S) groups is 1. The number of fused-ring (bicyclic) bond motifs is 1. The lowest BCUT2D eigenvalue weighted by Crippen LogP contribution is -2.74. The van der Waals surface area contributed by atoms with Crippen LogP contribution in [0.25, 0.3) is 0 Å². The number of pyridine rings is 1. The lowest BCUT2D eigenvalue weighted by molar-refractivity contribution is -0.155. The third kappa shape index (κ3) is 4.59. The summed E-state index contributed by atoms with van der Waals surface area (Å²) in [5.41, 5.74) is -0.491. The predicted octanol–water partition coefficient (Wildman–Crippen LogP) is 0.844. The molecule has 0 aliphatic carbocycles. The molecule has 0 saturated carbocycles. The molecule has 34 heavy (non-hydrogen) atoms. The number of thioether (sulfide) groups is 2. The molecule has 2 saturated heterocycles. The van der Waals surface area contributed by atoms with Gasteiger partial charge in [-0.1, -0.05) is 24.0 Å². The lowest BCUT2D eigenvalue weighted by Gasteiger charge is -2.56. The molecule has 3 atom stereocenters. The van der Waals surface area contributed by atoms with Gasteiger partial charge in [0, 0.05) is 24.2 Å². The number of carbonyl (C=O) groups excluding carboxylic acids is 1. The van der Waals surface area contributed by atoms with Crippen LogP contribution >= 0.6 is 35.7 Å². The second kappa shape index (κ2) is 9.84. The van der Waals surface area contributed by atoms with Gasteiger partial charge in [0.15, 0.2) is 0 Å². The van der Waals surface area contributed by atoms with Crippen molar-refractivity contribution >= 4 is 64.3 Å². The maximum absolute atomic E-state index is 13.2. The number of carboxylic acids is 2. The number of tetrazole rings is 1. The first-order valence-electron chi connectivity index (χ1n) is 10.2. The Morgan fingerprint density at radius 3 is 2.85 bits per heavy atom. The monoisotopic (exact) mass is 523 g/mol. The summed E-state index contributed by atoms with van der Waals surface area (Å²) < 4.78 is 1.34. The smallest absolute Gasteiger partial charge is 0.313 e. The molecular weight excluding hydrogens is 502 g/mol. The quantitative estimate of drug-likeness (QED) is 0.271. The molecule has 0 bridgehead atoms. The van der Waals surface area contributed by atoms with Crippen molar-refractivity contribution in [1.82, 2.24) is 30.1 Å². The molecule has 4 heterocycles. The minimum Gasteiger partial charge on any atom is -0.481 e. The standard InChI is InChI=1S/C19H21N7O5S3/c1-11(32)26(12-3-2-5-20-7-12)14-15(29)24-8-19(17(30)31,9-33-16(14)24)10-34-18-21-22-23-25(18)6-4-13(27)28/h2-3,5,7,14,16H,4,6,8-10H2,1H3,(H,27,28)(H,30,31)/t14?,16-,19?/m1/s1. The van der Waals surface area contributed by atoms with Gasteiger partial charge in [0.25, 0.3) is 0 Å². The van der Waals surface area contributed by atoms with Gasteiger partial charge in [-0.3, -0.25) is 19.4 Å². The van der Waals surface area contributed by atoms with Crippen molar-refractivity contribution in [1.29, 1.82) is 0 Å². The van der Waals surface area contributed by atoms with Gasteiger partial charge in [-0.05, 0) is 29.5 Å². The Hall–Kier alpha value is -2.78. The van der Waals surface area contributed by atoms with Crippen LogP contribution in [0.15, 0.2) is 29.7 Å². The van der Waals surface area contributed by atoms with Crippen LogP contribution in [0.4, 0.5) is 5.69 Å². The molecule has 2 aromatic rings. The van der Waals surface area contributed by atoms with E-state index < -0.39 is 23.4 Å². The molecule has 4 rings (SSSR count). The normalized spacial score (nSPS) is 23.7. The van der Waals surface area contributed by atoms with Crippen LogP contribution in [0.3, 0.4) is 0 Å². The number of carbonyl (C=O) groups is 3. The second-order valence-corrected chi connectivity index (χ2v) is 10.6. The van der Waals surface area contributed by atoms with Crippen molar-refractivity contribution in [2.45, 2.75) is 36.5 Å². The minimum atomic E-state index is -1.21. The van der Waals surface area contributed by atoms with E-state index in [-0.39, 0.29) is 42.3 Å². The zero-order chi connectivity index (χ0) is 24.5. The highest BCUT2D eigenvalue weighted by molar-refractivity contribution is 8.00. The molecule has 15 heteroatoms. The summed E-state index contributed by atoms with van der Waals surface area (Å²) in [6.45, 7) is 1.88. The highest BCUT2D eigenvalue weighted by Gasteiger charge is 2.59. The van der Waals surface area contributed by atoms with E-state index in [1.807, 2.05) is 6.07 Å². The number of hydrogen-bond acceptors (Lipinski definition) is 10. The number of rotatable bonds is 9. The average Bonchev–Trinajstić information content (AvgIpc) is 3.27. The van der Waals surface area contributed by atoms with Gasteiger partial charge in [0.2, 0.25) is 11.1 Å². The largest absolute Gasteiger partial charge is 0.481 e. The maximum Gasteiger partial charge on any atom is 0.313 e. The van der Waals surface area contributed by atoms with Crippen molar-refractivity contribution < 1.29 is 24.6 Å². The van der Waals surface area contributed by atoms with E-state index in [9.17, 15) is 19.5 Å². The number of amides is 1. The third-order valence-corrected chi connectivity index (χ3v) is 8.64. The molecule has 2 aromatic heterocycles. The van der Waals surface area contributed by atoms with Crippen LogP contribution in [0.2, 0.25) is 0 Å². The van der Waals surface area contributed by atoms with Gasteiger partial charge in [0.1, 0.15) is 16.8 Å². The SMILES string of the molecule is CC(=S)N(c1cccnc1)C1C(=O)N2CC(CSc3nnnn3CCC(=O)O)(C(=O)O)CS[C@H]12. The van der Waals surface area contributed by atoms with Crippen molar-refractivity contribution in [3.05, 3.63) is 24.5 Å². The molecule has 2 aliphatic heterocycles. The van der Waals surface area contributed by atoms with Gasteiger partial charge in [0.05, 0.1) is 29.8 Å². The summed E-state index contributed by atoms with van der Waals surface area (Å²) in [4.78, 5) is 44.3. The number of β-lactam (4-membered cyclic amide) rings is 1. The lowest BCUT2D eigenvalue weighted by atomic mass is 9.89. The van der Waals surface area contributed by atoms with Crippen molar-refractivity contribution in [3.8, 4) is 0 Å². The van der Waals surface area contributed by atoms with E-state index in [1.54, 1.807) is 35.2 Å². The van der Waals surface area contributed by atoms with Crippen LogP contribution in [0.1, 0.15) is 13.3 Å². The molecule has 1 amide bonds. The number of nitrogens with zero attached hydrogens (tertiary/aromatic N) is 7. The summed E-state index contributed by atoms with van der Waals surface area (Å²) in [7, 11) is 0. The molecule has 0 aromatic carbocycles. The molecule has 2 aliphatic rings. The third-order valence-electron chi connectivity index (χ3n) is 5.63. The molecule has 12 nitrogen and oxygen atoms in total. The minimum absolute atomic E-state index is 0.0520. The second-order valence-electron chi connectivity index (χ2n) is 7.92. The van der Waals surface area contributed by atoms with Crippen LogP contribution in [0.5, 0.6) is 0 Å². The van der Waals surface area contributed by atoms with Gasteiger partial charge in [-0.25, -0.2) is 4.68 Å². The Kier molecular flexibility index (Phi) is 7.04. The van der Waals surface area contributed by atoms with Gasteiger partial charge < -0.3 is 20.0 Å². The topological polar surface area (TPSA) is 155 Å². The molecule has 2 fully saturated rings. The Bertz CT molecular complexity index is 1120. The van der Waals surface area contributed by atoms with Crippen LogP contribution < -0.4 is 4.90 Å². The van der Waals surface area contributed by atoms with Gasteiger partial charge in [-0.15, -0.1) is 16.9 Å². The number of carboxylic acid groups (broad SMARTS) is 2. The van der Waals surface area contributed by atoms with Crippen LogP contribution in [0, 0.1) is 5.41 Å². The van der Waals surface area contributed by atoms with E-state index >= 15 is 0 Å². The van der Waals surface area contributed by atoms with E-state index in [4.69, 9.17) is 17.3 Å². The van der Waals surface area contributed by atoms with Gasteiger partial charge >= 0.3 is 11.9 Å². The number of aryl methyl sites for hydroxylation is 1. The molecule has 2 N–H and O–H groups in total. The number of hydrogen-bond donors (Lipinski definition) is 2. The Labute approximate surface area is 208 Å². The fourth-order valence-electron chi connectivity index (χ4n) is 3.87. The van der Waals surface area contributed by atoms with Crippen LogP contribution in [-0.2, 0) is 20.9 Å². The van der Waals surface area contributed by atoms with Gasteiger partial charge in [-0.2, -0.15) is 0 Å². The first-order chi connectivity index (χ1) is 16.2. The molecule has 0 radical (unpaired) electrons. The maximum atomic E-state index is 13.2. The summed E-state index contributed by atoms with van der Waals surface area (Å²) in [6, 6.07) is 3.08. The molecule has 0 spiro atoms. The fraction of sp³-hybridized carbons (Fsp3) is 0.474. The highest BCUT2D eigenvalue weighted by atomic mass is 32.2. The zero-order valence-electron chi connectivity index (χ0n) is 18.0. The van der Waals surface area contributed by atoms with Crippen molar-refractivity contribution in [2.75, 3.05) is 23.0 Å². The zero-order valence-corrected chi connectivity index (χ0v) is 20.4. The van der Waals surface area contributed by atoms with E-state index in [0.717, 1.165) is 11.8 Å². The summed E-state index contributed by atoms with van der Waals surface area (Å²) in [6.07, 6.45) is 3.13. The summed E-state index contributed by atoms with van der Waals surface area (Å²) >= 11 is 7.96. The summed E-state index contributed by atoms with van der Waals surface area (Å²) in [5, 5.41) is 30.3. The molecular formula is C19H21N7O5S3. The predicted molar refractivity (Wildman–Crippen MR) is 128 cm³/mol. The number of aromatic nitrogens is 5. The fourth-order valence-corrected chi connectivity index (χ4v) is 6.89. The van der Waals surface area contributed by atoms with Crippen LogP contribution in [-0.4, -0.2) is 92.6 Å². The first kappa shape index (κ1) is 24.3. The first-order valence-corrected chi connectivity index (χ1v) is 12.6. The van der Waals surface area contributed by atoms with E-state index in [2.05, 4.69) is 20.5 Å². The van der Waals surface area contributed by atoms with E-state index in [0.29, 0.717) is 15.8 Å². The average molecular weight is 524 g/mol. The Morgan fingerprint density at radius 2 is 2.21 bits per heavy atom. The van der Waals surface area contributed by atoms with E-state index in [1.165, 1.54) is 16.4 Å². The van der Waals surface area contributed by atoms with Crippen molar-refractivity contribution in [3.63, 3.8) is 0 Å².